The summed E-state index contributed by atoms with van der Waals surface area (Å²) in [6.07, 6.45) is 1.21. The van der Waals surface area contributed by atoms with Gasteiger partial charge in [-0.25, -0.2) is 4.79 Å². The molecule has 9 heteroatoms. The lowest BCUT2D eigenvalue weighted by Gasteiger charge is -2.22. The maximum absolute atomic E-state index is 12.6. The summed E-state index contributed by atoms with van der Waals surface area (Å²) >= 11 is 1.32. The Kier molecular flexibility index (Phi) is 5.30. The van der Waals surface area contributed by atoms with Crippen molar-refractivity contribution >= 4 is 40.6 Å². The summed E-state index contributed by atoms with van der Waals surface area (Å²) in [4.78, 5) is 51.0. The average Bonchev–Trinajstić information content (AvgIpc) is 3.42. The van der Waals surface area contributed by atoms with Crippen molar-refractivity contribution in [3.8, 4) is 5.75 Å². The van der Waals surface area contributed by atoms with Gasteiger partial charge in [0.05, 0.1) is 10.6 Å². The topological polar surface area (TPSA) is 102 Å². The molecule has 4 rings (SSSR count). The SMILES string of the molecule is O=C1COc2ccc(C(=O)COC(=O)[C@@H]3CCCN3C(=O)c3cccs3)cc2N1. The first-order chi connectivity index (χ1) is 14.0. The molecule has 8 nitrogen and oxygen atoms in total. The van der Waals surface area contributed by atoms with Crippen LogP contribution in [0.25, 0.3) is 0 Å². The predicted molar refractivity (Wildman–Crippen MR) is 104 cm³/mol. The van der Waals surface area contributed by atoms with E-state index in [0.717, 1.165) is 0 Å². The van der Waals surface area contributed by atoms with Crippen molar-refractivity contribution in [3.63, 3.8) is 0 Å². The van der Waals surface area contributed by atoms with Crippen molar-refractivity contribution in [2.75, 3.05) is 25.1 Å². The number of likely N-dealkylation sites (tertiary alicyclic amines) is 1. The Morgan fingerprint density at radius 2 is 2.14 bits per heavy atom. The van der Waals surface area contributed by atoms with E-state index in [0.29, 0.717) is 41.3 Å². The first kappa shape index (κ1) is 19.1. The maximum atomic E-state index is 12.6. The molecule has 2 aromatic rings. The first-order valence-corrected chi connectivity index (χ1v) is 10.0. The van der Waals surface area contributed by atoms with Crippen LogP contribution in [0.1, 0.15) is 32.9 Å². The van der Waals surface area contributed by atoms with Crippen LogP contribution >= 0.6 is 11.3 Å². The van der Waals surface area contributed by atoms with Crippen molar-refractivity contribution in [1.82, 2.24) is 4.90 Å². The van der Waals surface area contributed by atoms with Gasteiger partial charge < -0.3 is 19.7 Å². The van der Waals surface area contributed by atoms with Gasteiger partial charge in [0.2, 0.25) is 0 Å². The number of nitrogens with one attached hydrogen (secondary N) is 1. The van der Waals surface area contributed by atoms with E-state index in [1.54, 1.807) is 29.6 Å². The molecule has 1 N–H and O–H groups in total. The van der Waals surface area contributed by atoms with Crippen LogP contribution in [0.4, 0.5) is 5.69 Å². The Hall–Kier alpha value is -3.20. The summed E-state index contributed by atoms with van der Waals surface area (Å²) in [7, 11) is 0. The van der Waals surface area contributed by atoms with Crippen molar-refractivity contribution in [3.05, 3.63) is 46.2 Å². The van der Waals surface area contributed by atoms with Crippen LogP contribution < -0.4 is 10.1 Å². The number of carbonyl (C=O) groups is 4. The normalized spacial score (nSPS) is 17.9. The van der Waals surface area contributed by atoms with Gasteiger partial charge in [0.25, 0.3) is 11.8 Å². The number of esters is 1. The second-order valence-corrected chi connectivity index (χ2v) is 7.66. The molecule has 0 saturated carbocycles. The maximum Gasteiger partial charge on any atom is 0.329 e. The lowest BCUT2D eigenvalue weighted by Crippen LogP contribution is -2.41. The molecule has 0 spiro atoms. The van der Waals surface area contributed by atoms with E-state index in [4.69, 9.17) is 9.47 Å². The zero-order valence-corrected chi connectivity index (χ0v) is 16.2. The fourth-order valence-corrected chi connectivity index (χ4v) is 4.05. The van der Waals surface area contributed by atoms with E-state index in [9.17, 15) is 19.2 Å². The number of rotatable bonds is 5. The summed E-state index contributed by atoms with van der Waals surface area (Å²) in [5.74, 6) is -1.02. The van der Waals surface area contributed by atoms with E-state index >= 15 is 0 Å². The number of amides is 2. The van der Waals surface area contributed by atoms with Crippen LogP contribution in [0.2, 0.25) is 0 Å². The Bertz CT molecular complexity index is 971. The molecule has 0 radical (unpaired) electrons. The van der Waals surface area contributed by atoms with Crippen molar-refractivity contribution in [2.24, 2.45) is 0 Å². The molecule has 2 aliphatic rings. The Balaban J connectivity index is 1.38. The van der Waals surface area contributed by atoms with Gasteiger partial charge in [-0.05, 0) is 42.5 Å². The standard InChI is InChI=1S/C20H18N2O6S/c23-15(12-5-6-16-13(9-12)21-18(24)11-27-16)10-28-20(26)14-3-1-7-22(14)19(25)17-4-2-8-29-17/h2,4-6,8-9,14H,1,3,7,10-11H2,(H,21,24)/t14-/m0/s1. The van der Waals surface area contributed by atoms with Gasteiger partial charge in [-0.1, -0.05) is 6.07 Å². The molecule has 3 heterocycles. The molecule has 1 fully saturated rings. The number of benzene rings is 1. The van der Waals surface area contributed by atoms with Crippen molar-refractivity contribution in [1.29, 1.82) is 0 Å². The van der Waals surface area contributed by atoms with Gasteiger partial charge in [-0.2, -0.15) is 0 Å². The lowest BCUT2D eigenvalue weighted by molar-refractivity contribution is -0.147. The number of anilines is 1. The number of carbonyl (C=O) groups excluding carboxylic acids is 4. The molecular weight excluding hydrogens is 396 g/mol. The average molecular weight is 414 g/mol. The molecule has 1 saturated heterocycles. The zero-order chi connectivity index (χ0) is 20.4. The number of hydrogen-bond acceptors (Lipinski definition) is 7. The summed E-state index contributed by atoms with van der Waals surface area (Å²) in [5.41, 5.74) is 0.697. The number of hydrogen-bond donors (Lipinski definition) is 1. The molecule has 1 aromatic carbocycles. The summed E-state index contributed by atoms with van der Waals surface area (Å²) in [6.45, 7) is -0.0289. The highest BCUT2D eigenvalue weighted by molar-refractivity contribution is 7.12. The second-order valence-electron chi connectivity index (χ2n) is 6.71. The minimum atomic E-state index is -0.686. The van der Waals surface area contributed by atoms with Crippen LogP contribution in [0.3, 0.4) is 0 Å². The molecule has 2 aliphatic heterocycles. The Labute approximate surface area is 170 Å². The third kappa shape index (κ3) is 4.00. The number of fused-ring (bicyclic) bond motifs is 1. The number of thiophene rings is 1. The zero-order valence-electron chi connectivity index (χ0n) is 15.4. The molecule has 1 aromatic heterocycles. The molecule has 1 atom stereocenters. The van der Waals surface area contributed by atoms with Crippen LogP contribution in [-0.2, 0) is 14.3 Å². The van der Waals surface area contributed by atoms with Gasteiger partial charge >= 0.3 is 5.97 Å². The molecule has 29 heavy (non-hydrogen) atoms. The van der Waals surface area contributed by atoms with Crippen LogP contribution in [0.5, 0.6) is 5.75 Å². The van der Waals surface area contributed by atoms with Crippen molar-refractivity contribution < 1.29 is 28.7 Å². The van der Waals surface area contributed by atoms with E-state index in [-0.39, 0.29) is 18.4 Å². The van der Waals surface area contributed by atoms with Crippen LogP contribution in [-0.4, -0.2) is 54.3 Å². The number of Topliss-reactive ketones (excluding diaryl/α,β-unsaturated/α-hetero) is 1. The van der Waals surface area contributed by atoms with Crippen molar-refractivity contribution in [2.45, 2.75) is 18.9 Å². The quantitative estimate of drug-likeness (QED) is 0.594. The van der Waals surface area contributed by atoms with Gasteiger partial charge in [0.1, 0.15) is 11.8 Å². The molecule has 0 unspecified atom stereocenters. The molecule has 0 aliphatic carbocycles. The lowest BCUT2D eigenvalue weighted by atomic mass is 10.1. The monoisotopic (exact) mass is 414 g/mol. The first-order valence-electron chi connectivity index (χ1n) is 9.14. The van der Waals surface area contributed by atoms with Gasteiger partial charge in [-0.3, -0.25) is 14.4 Å². The third-order valence-corrected chi connectivity index (χ3v) is 5.66. The van der Waals surface area contributed by atoms with E-state index in [1.165, 1.54) is 22.3 Å². The largest absolute Gasteiger partial charge is 0.482 e. The van der Waals surface area contributed by atoms with Gasteiger partial charge in [0.15, 0.2) is 19.0 Å². The number of nitrogens with zero attached hydrogens (tertiary/aromatic N) is 1. The molecule has 2 amide bonds. The highest BCUT2D eigenvalue weighted by atomic mass is 32.1. The predicted octanol–water partition coefficient (Wildman–Crippen LogP) is 2.11. The van der Waals surface area contributed by atoms with Crippen LogP contribution in [0.15, 0.2) is 35.7 Å². The summed E-state index contributed by atoms with van der Waals surface area (Å²) in [6, 6.07) is 7.44. The highest BCUT2D eigenvalue weighted by Gasteiger charge is 2.36. The molecular formula is C20H18N2O6S. The van der Waals surface area contributed by atoms with E-state index in [2.05, 4.69) is 5.32 Å². The Morgan fingerprint density at radius 3 is 2.93 bits per heavy atom. The minimum Gasteiger partial charge on any atom is -0.482 e. The van der Waals surface area contributed by atoms with Crippen LogP contribution in [0, 0.1) is 0 Å². The third-order valence-electron chi connectivity index (χ3n) is 4.80. The van der Waals surface area contributed by atoms with E-state index in [1.807, 2.05) is 0 Å². The second kappa shape index (κ2) is 8.04. The van der Waals surface area contributed by atoms with Gasteiger partial charge in [0, 0.05) is 12.1 Å². The highest BCUT2D eigenvalue weighted by Crippen LogP contribution is 2.29. The fraction of sp³-hybridized carbons (Fsp3) is 0.300. The summed E-state index contributed by atoms with van der Waals surface area (Å²) < 4.78 is 10.5. The minimum absolute atomic E-state index is 0.0695. The fourth-order valence-electron chi connectivity index (χ4n) is 3.37. The van der Waals surface area contributed by atoms with Gasteiger partial charge in [-0.15, -0.1) is 11.3 Å². The molecule has 150 valence electrons. The van der Waals surface area contributed by atoms with E-state index < -0.39 is 24.4 Å². The molecule has 0 bridgehead atoms. The summed E-state index contributed by atoms with van der Waals surface area (Å²) in [5, 5.41) is 4.44. The number of ether oxygens (including phenoxy) is 2. The Morgan fingerprint density at radius 1 is 1.28 bits per heavy atom. The number of ketones is 1. The smallest absolute Gasteiger partial charge is 0.329 e.